The number of carbonyl (C=O) groups is 1. The summed E-state index contributed by atoms with van der Waals surface area (Å²) in [5.41, 5.74) is 3.18. The summed E-state index contributed by atoms with van der Waals surface area (Å²) in [5.74, 6) is 0. The highest BCUT2D eigenvalue weighted by atomic mass is 79.9. The number of carbonyl (C=O) groups excluding carboxylic acids is 1. The highest BCUT2D eigenvalue weighted by Crippen LogP contribution is 2.23. The van der Waals surface area contributed by atoms with Gasteiger partial charge in [0.2, 0.25) is 0 Å². The van der Waals surface area contributed by atoms with Gasteiger partial charge in [0.1, 0.15) is 5.60 Å². The molecular formula is C15H20BrNO2. The number of anilines is 1. The van der Waals surface area contributed by atoms with Crippen LogP contribution in [0.4, 0.5) is 10.5 Å². The van der Waals surface area contributed by atoms with Crippen molar-refractivity contribution in [1.29, 1.82) is 0 Å². The summed E-state index contributed by atoms with van der Waals surface area (Å²) < 4.78 is 5.24. The van der Waals surface area contributed by atoms with Gasteiger partial charge in [0.15, 0.2) is 0 Å². The number of hydrogen-bond acceptors (Lipinski definition) is 2. The van der Waals surface area contributed by atoms with Crippen LogP contribution in [0, 0.1) is 6.92 Å². The normalized spacial score (nSPS) is 11.0. The molecule has 1 aromatic rings. The fraction of sp³-hybridized carbons (Fsp3) is 0.400. The van der Waals surface area contributed by atoms with E-state index in [2.05, 4.69) is 27.8 Å². The summed E-state index contributed by atoms with van der Waals surface area (Å²) in [7, 11) is 0. The van der Waals surface area contributed by atoms with E-state index in [-0.39, 0.29) is 0 Å². The Kier molecular flexibility index (Phi) is 5.18. The Balaban J connectivity index is 2.88. The number of ether oxygens (including phenoxy) is 1. The molecule has 0 aromatic heterocycles. The maximum Gasteiger partial charge on any atom is 0.412 e. The molecule has 0 saturated heterocycles. The van der Waals surface area contributed by atoms with E-state index in [4.69, 9.17) is 4.74 Å². The van der Waals surface area contributed by atoms with Crippen LogP contribution in [0.3, 0.4) is 0 Å². The molecule has 1 amide bonds. The molecule has 3 nitrogen and oxygen atoms in total. The second-order valence-electron chi connectivity index (χ2n) is 5.39. The quantitative estimate of drug-likeness (QED) is 0.814. The Morgan fingerprint density at radius 1 is 1.42 bits per heavy atom. The van der Waals surface area contributed by atoms with Crippen LogP contribution >= 0.6 is 15.9 Å². The number of rotatable bonds is 3. The maximum atomic E-state index is 11.8. The van der Waals surface area contributed by atoms with Crippen LogP contribution in [-0.2, 0) is 4.74 Å². The van der Waals surface area contributed by atoms with Gasteiger partial charge in [0.25, 0.3) is 0 Å². The summed E-state index contributed by atoms with van der Waals surface area (Å²) in [4.78, 5) is 11.8. The molecule has 0 aliphatic heterocycles. The molecule has 1 aromatic carbocycles. The van der Waals surface area contributed by atoms with Gasteiger partial charge in [0, 0.05) is 11.0 Å². The van der Waals surface area contributed by atoms with Crippen LogP contribution < -0.4 is 5.32 Å². The first-order valence-electron chi connectivity index (χ1n) is 6.07. The Bertz CT molecular complexity index is 489. The fourth-order valence-corrected chi connectivity index (χ4v) is 1.79. The van der Waals surface area contributed by atoms with Gasteiger partial charge < -0.3 is 4.74 Å². The first-order chi connectivity index (χ1) is 8.73. The number of benzene rings is 1. The third kappa shape index (κ3) is 5.07. The van der Waals surface area contributed by atoms with Gasteiger partial charge in [-0.2, -0.15) is 0 Å². The molecule has 0 spiro atoms. The van der Waals surface area contributed by atoms with E-state index in [9.17, 15) is 4.79 Å². The number of amides is 1. The molecule has 0 unspecified atom stereocenters. The second-order valence-corrected chi connectivity index (χ2v) is 5.95. The first-order valence-corrected chi connectivity index (χ1v) is 7.20. The van der Waals surface area contributed by atoms with Gasteiger partial charge in [0.05, 0.1) is 0 Å². The fourth-order valence-electron chi connectivity index (χ4n) is 1.47. The predicted octanol–water partition coefficient (Wildman–Crippen LogP) is 4.75. The van der Waals surface area contributed by atoms with Crippen LogP contribution in [0.1, 0.15) is 31.9 Å². The second kappa shape index (κ2) is 6.24. The summed E-state index contributed by atoms with van der Waals surface area (Å²) in [6.45, 7) is 11.4. The summed E-state index contributed by atoms with van der Waals surface area (Å²) in [6, 6.07) is 5.85. The highest BCUT2D eigenvalue weighted by Gasteiger charge is 2.16. The molecular weight excluding hydrogens is 306 g/mol. The Morgan fingerprint density at radius 3 is 2.58 bits per heavy atom. The summed E-state index contributed by atoms with van der Waals surface area (Å²) in [6.07, 6.45) is -0.447. The number of aryl methyl sites for hydroxylation is 1. The predicted molar refractivity (Wildman–Crippen MR) is 83.9 cm³/mol. The number of allylic oxidation sites excluding steroid dienone is 1. The van der Waals surface area contributed by atoms with Crippen molar-refractivity contribution in [2.45, 2.75) is 33.3 Å². The zero-order valence-corrected chi connectivity index (χ0v) is 13.4. The molecule has 0 atom stereocenters. The molecule has 19 heavy (non-hydrogen) atoms. The maximum absolute atomic E-state index is 11.8. The van der Waals surface area contributed by atoms with Crippen LogP contribution in [0.15, 0.2) is 24.8 Å². The number of halogens is 1. The number of hydrogen-bond donors (Lipinski definition) is 1. The van der Waals surface area contributed by atoms with E-state index in [1.165, 1.54) is 0 Å². The first kappa shape index (κ1) is 15.8. The van der Waals surface area contributed by atoms with Crippen LogP contribution in [0.5, 0.6) is 0 Å². The standard InChI is InChI=1S/C15H20BrNO2/c1-10-6-7-12(11(2)9-16)8-13(10)17-14(18)19-15(3,4)5/h6-8H,2,9H2,1,3-5H3,(H,17,18). The van der Waals surface area contributed by atoms with E-state index in [1.54, 1.807) is 0 Å². The van der Waals surface area contributed by atoms with Crippen molar-refractivity contribution in [3.05, 3.63) is 35.9 Å². The van der Waals surface area contributed by atoms with Gasteiger partial charge in [-0.1, -0.05) is 34.6 Å². The van der Waals surface area contributed by atoms with Gasteiger partial charge in [-0.15, -0.1) is 0 Å². The van der Waals surface area contributed by atoms with Crippen molar-refractivity contribution in [2.75, 3.05) is 10.6 Å². The largest absolute Gasteiger partial charge is 0.444 e. The molecule has 0 radical (unpaired) electrons. The third-order valence-electron chi connectivity index (χ3n) is 2.44. The van der Waals surface area contributed by atoms with E-state index in [0.29, 0.717) is 5.33 Å². The Hall–Kier alpha value is -1.29. The average molecular weight is 326 g/mol. The third-order valence-corrected chi connectivity index (χ3v) is 3.12. The van der Waals surface area contributed by atoms with E-state index in [0.717, 1.165) is 22.4 Å². The molecule has 0 heterocycles. The Labute approximate surface area is 123 Å². The lowest BCUT2D eigenvalue weighted by Crippen LogP contribution is -2.27. The molecule has 0 fully saturated rings. The number of alkyl halides is 1. The van der Waals surface area contributed by atoms with Crippen molar-refractivity contribution < 1.29 is 9.53 Å². The summed E-state index contributed by atoms with van der Waals surface area (Å²) >= 11 is 3.37. The van der Waals surface area contributed by atoms with Crippen molar-refractivity contribution in [1.82, 2.24) is 0 Å². The van der Waals surface area contributed by atoms with Crippen molar-refractivity contribution in [3.8, 4) is 0 Å². The lowest BCUT2D eigenvalue weighted by Gasteiger charge is -2.20. The van der Waals surface area contributed by atoms with Gasteiger partial charge in [-0.3, -0.25) is 5.32 Å². The van der Waals surface area contributed by atoms with Gasteiger partial charge >= 0.3 is 6.09 Å². The highest BCUT2D eigenvalue weighted by molar-refractivity contribution is 9.09. The molecule has 1 rings (SSSR count). The van der Waals surface area contributed by atoms with Crippen molar-refractivity contribution in [3.63, 3.8) is 0 Å². The monoisotopic (exact) mass is 325 g/mol. The van der Waals surface area contributed by atoms with Crippen LogP contribution in [-0.4, -0.2) is 17.0 Å². The van der Waals surface area contributed by atoms with Crippen molar-refractivity contribution >= 4 is 33.3 Å². The minimum absolute atomic E-state index is 0.447. The molecule has 4 heteroatoms. The smallest absolute Gasteiger partial charge is 0.412 e. The average Bonchev–Trinajstić information content (AvgIpc) is 2.28. The SMILES string of the molecule is C=C(CBr)c1ccc(C)c(NC(=O)OC(C)(C)C)c1. The molecule has 1 N–H and O–H groups in total. The summed E-state index contributed by atoms with van der Waals surface area (Å²) in [5, 5.41) is 3.46. The topological polar surface area (TPSA) is 38.3 Å². The molecule has 0 saturated carbocycles. The lowest BCUT2D eigenvalue weighted by molar-refractivity contribution is 0.0636. The molecule has 0 aliphatic rings. The van der Waals surface area contributed by atoms with Crippen LogP contribution in [0.2, 0.25) is 0 Å². The van der Waals surface area contributed by atoms with Gasteiger partial charge in [-0.05, 0) is 50.5 Å². The van der Waals surface area contributed by atoms with E-state index in [1.807, 2.05) is 45.9 Å². The zero-order chi connectivity index (χ0) is 14.6. The van der Waals surface area contributed by atoms with Crippen LogP contribution in [0.25, 0.3) is 5.57 Å². The van der Waals surface area contributed by atoms with E-state index >= 15 is 0 Å². The van der Waals surface area contributed by atoms with Gasteiger partial charge in [-0.25, -0.2) is 4.79 Å². The molecule has 104 valence electrons. The molecule has 0 bridgehead atoms. The zero-order valence-electron chi connectivity index (χ0n) is 11.8. The lowest BCUT2D eigenvalue weighted by atomic mass is 10.1. The minimum Gasteiger partial charge on any atom is -0.444 e. The van der Waals surface area contributed by atoms with Crippen molar-refractivity contribution in [2.24, 2.45) is 0 Å². The Morgan fingerprint density at radius 2 is 2.05 bits per heavy atom. The number of nitrogens with one attached hydrogen (secondary N) is 1. The minimum atomic E-state index is -0.505. The molecule has 0 aliphatic carbocycles. The van der Waals surface area contributed by atoms with E-state index < -0.39 is 11.7 Å².